The summed E-state index contributed by atoms with van der Waals surface area (Å²) in [5.41, 5.74) is 7.89. The molecule has 70 valence electrons. The van der Waals surface area contributed by atoms with Gasteiger partial charge in [-0.2, -0.15) is 0 Å². The van der Waals surface area contributed by atoms with Crippen LogP contribution in [0.3, 0.4) is 0 Å². The maximum absolute atomic E-state index is 10.9. The molecule has 4 heteroatoms. The fourth-order valence-corrected chi connectivity index (χ4v) is 1.05. The molecule has 0 bridgehead atoms. The Bertz CT molecular complexity index is 325. The molecule has 13 heavy (non-hydrogen) atoms. The van der Waals surface area contributed by atoms with Crippen molar-refractivity contribution in [2.75, 3.05) is 16.9 Å². The van der Waals surface area contributed by atoms with Crippen LogP contribution in [0, 0.1) is 6.92 Å². The van der Waals surface area contributed by atoms with Gasteiger partial charge in [-0.1, -0.05) is 6.07 Å². The highest BCUT2D eigenvalue weighted by molar-refractivity contribution is 6.29. The SMILES string of the molecule is Cc1ccc(NC(=O)CCl)c(N)c1. The molecular formula is C9H11ClN2O. The maximum atomic E-state index is 10.9. The lowest BCUT2D eigenvalue weighted by Gasteiger charge is -2.06. The van der Waals surface area contributed by atoms with Gasteiger partial charge in [0.15, 0.2) is 0 Å². The van der Waals surface area contributed by atoms with Crippen molar-refractivity contribution in [1.82, 2.24) is 0 Å². The summed E-state index contributed by atoms with van der Waals surface area (Å²) in [6, 6.07) is 5.43. The molecular weight excluding hydrogens is 188 g/mol. The van der Waals surface area contributed by atoms with Crippen LogP contribution in [-0.4, -0.2) is 11.8 Å². The van der Waals surface area contributed by atoms with Crippen LogP contribution in [-0.2, 0) is 4.79 Å². The lowest BCUT2D eigenvalue weighted by Crippen LogP contribution is -2.13. The third-order valence-corrected chi connectivity index (χ3v) is 1.85. The minimum Gasteiger partial charge on any atom is -0.397 e. The van der Waals surface area contributed by atoms with Gasteiger partial charge in [-0.3, -0.25) is 4.79 Å². The van der Waals surface area contributed by atoms with Crippen LogP contribution < -0.4 is 11.1 Å². The summed E-state index contributed by atoms with van der Waals surface area (Å²) >= 11 is 5.33. The van der Waals surface area contributed by atoms with Gasteiger partial charge < -0.3 is 11.1 Å². The molecule has 1 aromatic rings. The zero-order valence-corrected chi connectivity index (χ0v) is 8.06. The Morgan fingerprint density at radius 1 is 1.62 bits per heavy atom. The van der Waals surface area contributed by atoms with E-state index < -0.39 is 0 Å². The second-order valence-electron chi connectivity index (χ2n) is 2.77. The van der Waals surface area contributed by atoms with Gasteiger partial charge in [-0.15, -0.1) is 11.6 Å². The topological polar surface area (TPSA) is 55.1 Å². The van der Waals surface area contributed by atoms with E-state index in [9.17, 15) is 4.79 Å². The minimum absolute atomic E-state index is 0.0622. The second kappa shape index (κ2) is 4.14. The van der Waals surface area contributed by atoms with E-state index in [0.717, 1.165) is 5.56 Å². The average Bonchev–Trinajstić information content (AvgIpc) is 2.09. The van der Waals surface area contributed by atoms with Crippen molar-refractivity contribution in [3.05, 3.63) is 23.8 Å². The number of nitrogen functional groups attached to an aromatic ring is 1. The van der Waals surface area contributed by atoms with E-state index in [4.69, 9.17) is 17.3 Å². The van der Waals surface area contributed by atoms with Crippen molar-refractivity contribution >= 4 is 28.9 Å². The monoisotopic (exact) mass is 198 g/mol. The summed E-state index contributed by atoms with van der Waals surface area (Å²) in [4.78, 5) is 10.9. The summed E-state index contributed by atoms with van der Waals surface area (Å²) in [7, 11) is 0. The normalized spacial score (nSPS) is 9.69. The number of hydrogen-bond acceptors (Lipinski definition) is 2. The summed E-state index contributed by atoms with van der Waals surface area (Å²) in [6.07, 6.45) is 0. The molecule has 0 radical (unpaired) electrons. The third kappa shape index (κ3) is 2.63. The highest BCUT2D eigenvalue weighted by Crippen LogP contribution is 2.19. The maximum Gasteiger partial charge on any atom is 0.239 e. The molecule has 0 fully saturated rings. The number of amides is 1. The molecule has 3 N–H and O–H groups in total. The van der Waals surface area contributed by atoms with Crippen LogP contribution in [0.2, 0.25) is 0 Å². The number of carbonyl (C=O) groups is 1. The number of nitrogens with one attached hydrogen (secondary N) is 1. The van der Waals surface area contributed by atoms with Crippen LogP contribution in [0.15, 0.2) is 18.2 Å². The number of carbonyl (C=O) groups excluding carboxylic acids is 1. The number of hydrogen-bond donors (Lipinski definition) is 2. The van der Waals surface area contributed by atoms with Gasteiger partial charge in [0.25, 0.3) is 0 Å². The number of halogens is 1. The lowest BCUT2D eigenvalue weighted by molar-refractivity contribution is -0.113. The summed E-state index contributed by atoms with van der Waals surface area (Å²) in [6.45, 7) is 1.93. The van der Waals surface area contributed by atoms with E-state index >= 15 is 0 Å². The lowest BCUT2D eigenvalue weighted by atomic mass is 10.2. The molecule has 0 unspecified atom stereocenters. The number of nitrogens with two attached hydrogens (primary N) is 1. The van der Waals surface area contributed by atoms with E-state index in [2.05, 4.69) is 5.32 Å². The first-order valence-electron chi connectivity index (χ1n) is 3.85. The quantitative estimate of drug-likeness (QED) is 0.562. The Morgan fingerprint density at radius 2 is 2.31 bits per heavy atom. The fourth-order valence-electron chi connectivity index (χ4n) is 0.980. The summed E-state index contributed by atoms with van der Waals surface area (Å²) in [5, 5.41) is 2.59. The molecule has 1 aromatic carbocycles. The van der Waals surface area contributed by atoms with E-state index in [1.165, 1.54) is 0 Å². The van der Waals surface area contributed by atoms with Crippen molar-refractivity contribution in [3.63, 3.8) is 0 Å². The van der Waals surface area contributed by atoms with Crippen LogP contribution >= 0.6 is 11.6 Å². The number of anilines is 2. The molecule has 0 aliphatic carbocycles. The first-order chi connectivity index (χ1) is 6.13. The standard InChI is InChI=1S/C9H11ClN2O/c1-6-2-3-8(7(11)4-6)12-9(13)5-10/h2-4H,5,11H2,1H3,(H,12,13). The third-order valence-electron chi connectivity index (χ3n) is 1.60. The first-order valence-corrected chi connectivity index (χ1v) is 4.39. The number of rotatable bonds is 2. The Labute approximate surface area is 81.9 Å². The Balaban J connectivity index is 2.83. The highest BCUT2D eigenvalue weighted by Gasteiger charge is 2.02. The Hall–Kier alpha value is -1.22. The van der Waals surface area contributed by atoms with E-state index in [0.29, 0.717) is 11.4 Å². The molecule has 0 aliphatic heterocycles. The molecule has 1 amide bonds. The van der Waals surface area contributed by atoms with Gasteiger partial charge in [-0.25, -0.2) is 0 Å². The minimum atomic E-state index is -0.253. The zero-order valence-electron chi connectivity index (χ0n) is 7.30. The van der Waals surface area contributed by atoms with Gasteiger partial charge in [-0.05, 0) is 24.6 Å². The summed E-state index contributed by atoms with van der Waals surface area (Å²) < 4.78 is 0. The molecule has 0 saturated carbocycles. The van der Waals surface area contributed by atoms with Crippen LogP contribution in [0.25, 0.3) is 0 Å². The van der Waals surface area contributed by atoms with Crippen molar-refractivity contribution in [1.29, 1.82) is 0 Å². The predicted molar refractivity (Wildman–Crippen MR) is 54.9 cm³/mol. The van der Waals surface area contributed by atoms with Gasteiger partial charge in [0.05, 0.1) is 11.4 Å². The molecule has 0 aliphatic rings. The number of alkyl halides is 1. The molecule has 3 nitrogen and oxygen atoms in total. The average molecular weight is 199 g/mol. The van der Waals surface area contributed by atoms with Crippen LogP contribution in [0.1, 0.15) is 5.56 Å². The smallest absolute Gasteiger partial charge is 0.239 e. The van der Waals surface area contributed by atoms with Gasteiger partial charge in [0.2, 0.25) is 5.91 Å². The molecule has 0 aromatic heterocycles. The Kier molecular flexibility index (Phi) is 3.14. The van der Waals surface area contributed by atoms with Crippen LogP contribution in [0.4, 0.5) is 11.4 Å². The largest absolute Gasteiger partial charge is 0.397 e. The first kappa shape index (κ1) is 9.86. The van der Waals surface area contributed by atoms with Gasteiger partial charge >= 0.3 is 0 Å². The van der Waals surface area contributed by atoms with E-state index in [-0.39, 0.29) is 11.8 Å². The molecule has 1 rings (SSSR count). The van der Waals surface area contributed by atoms with E-state index in [1.807, 2.05) is 13.0 Å². The second-order valence-corrected chi connectivity index (χ2v) is 3.04. The van der Waals surface area contributed by atoms with Gasteiger partial charge in [0.1, 0.15) is 5.88 Å². The fraction of sp³-hybridized carbons (Fsp3) is 0.222. The van der Waals surface area contributed by atoms with E-state index in [1.54, 1.807) is 12.1 Å². The van der Waals surface area contributed by atoms with Crippen LogP contribution in [0.5, 0.6) is 0 Å². The number of benzene rings is 1. The highest BCUT2D eigenvalue weighted by atomic mass is 35.5. The molecule has 0 atom stereocenters. The molecule has 0 spiro atoms. The van der Waals surface area contributed by atoms with Crippen molar-refractivity contribution < 1.29 is 4.79 Å². The summed E-state index contributed by atoms with van der Waals surface area (Å²) in [5.74, 6) is -0.315. The molecule has 0 saturated heterocycles. The number of aryl methyl sites for hydroxylation is 1. The van der Waals surface area contributed by atoms with Gasteiger partial charge in [0, 0.05) is 0 Å². The Morgan fingerprint density at radius 3 is 2.85 bits per heavy atom. The van der Waals surface area contributed by atoms with Crippen molar-refractivity contribution in [2.24, 2.45) is 0 Å². The predicted octanol–water partition coefficient (Wildman–Crippen LogP) is 1.75. The zero-order chi connectivity index (χ0) is 9.84. The van der Waals surface area contributed by atoms with Crippen molar-refractivity contribution in [2.45, 2.75) is 6.92 Å². The van der Waals surface area contributed by atoms with Crippen molar-refractivity contribution in [3.8, 4) is 0 Å². The molecule has 0 heterocycles.